The zero-order chi connectivity index (χ0) is 21.3. The molecule has 3 rings (SSSR count). The standard InChI is InChI=1S/C20H26N4O5/c1-11(2)8-9-29-13-7-6-12(10-14(13)28-5)16-15-17(22-19(26)21-16)23(3)20(27)24(4)18(15)25/h6-7,10-11,16H,8-9H2,1-5H3,(H2,21,22,26). The Kier molecular flexibility index (Phi) is 5.67. The minimum atomic E-state index is -0.733. The van der Waals surface area contributed by atoms with E-state index in [2.05, 4.69) is 24.5 Å². The third-order valence-corrected chi connectivity index (χ3v) is 4.97. The maximum absolute atomic E-state index is 12.8. The molecule has 0 saturated heterocycles. The number of benzene rings is 1. The first-order chi connectivity index (χ1) is 13.7. The summed E-state index contributed by atoms with van der Waals surface area (Å²) >= 11 is 0. The van der Waals surface area contributed by atoms with E-state index in [4.69, 9.17) is 9.47 Å². The lowest BCUT2D eigenvalue weighted by atomic mass is 9.98. The number of ether oxygens (including phenoxy) is 2. The highest BCUT2D eigenvalue weighted by Gasteiger charge is 2.32. The summed E-state index contributed by atoms with van der Waals surface area (Å²) in [4.78, 5) is 37.2. The van der Waals surface area contributed by atoms with E-state index < -0.39 is 23.3 Å². The summed E-state index contributed by atoms with van der Waals surface area (Å²) in [6, 6.07) is 4.03. The van der Waals surface area contributed by atoms with Gasteiger partial charge in [0.05, 0.1) is 25.3 Å². The number of carbonyl (C=O) groups excluding carboxylic acids is 1. The number of urea groups is 1. The predicted molar refractivity (Wildman–Crippen MR) is 109 cm³/mol. The van der Waals surface area contributed by atoms with E-state index in [0.717, 1.165) is 11.0 Å². The molecule has 9 nitrogen and oxygen atoms in total. The van der Waals surface area contributed by atoms with Gasteiger partial charge in [0, 0.05) is 14.1 Å². The van der Waals surface area contributed by atoms with Gasteiger partial charge in [-0.15, -0.1) is 0 Å². The summed E-state index contributed by atoms with van der Waals surface area (Å²) < 4.78 is 13.5. The highest BCUT2D eigenvalue weighted by molar-refractivity contribution is 5.92. The predicted octanol–water partition coefficient (Wildman–Crippen LogP) is 1.74. The van der Waals surface area contributed by atoms with Crippen LogP contribution in [0.1, 0.15) is 37.4 Å². The van der Waals surface area contributed by atoms with E-state index in [1.165, 1.54) is 25.8 Å². The molecular weight excluding hydrogens is 376 g/mol. The number of rotatable bonds is 6. The zero-order valence-electron chi connectivity index (χ0n) is 17.2. The van der Waals surface area contributed by atoms with Crippen molar-refractivity contribution in [3.63, 3.8) is 0 Å². The molecule has 0 saturated carbocycles. The number of aromatic nitrogens is 2. The van der Waals surface area contributed by atoms with E-state index in [0.29, 0.717) is 29.6 Å². The van der Waals surface area contributed by atoms with E-state index in [1.54, 1.807) is 18.2 Å². The van der Waals surface area contributed by atoms with E-state index >= 15 is 0 Å². The third kappa shape index (κ3) is 3.85. The second-order valence-electron chi connectivity index (χ2n) is 7.44. The Labute approximate surface area is 168 Å². The molecule has 0 radical (unpaired) electrons. The number of fused-ring (bicyclic) bond motifs is 1. The largest absolute Gasteiger partial charge is 0.493 e. The summed E-state index contributed by atoms with van der Waals surface area (Å²) in [5, 5.41) is 5.32. The van der Waals surface area contributed by atoms with Gasteiger partial charge in [0.25, 0.3) is 5.56 Å². The van der Waals surface area contributed by atoms with Crippen LogP contribution in [0.3, 0.4) is 0 Å². The Balaban J connectivity index is 2.05. The molecule has 1 atom stereocenters. The fourth-order valence-corrected chi connectivity index (χ4v) is 3.27. The van der Waals surface area contributed by atoms with Crippen LogP contribution in [0.2, 0.25) is 0 Å². The maximum Gasteiger partial charge on any atom is 0.332 e. The lowest BCUT2D eigenvalue weighted by Crippen LogP contribution is -2.49. The van der Waals surface area contributed by atoms with E-state index in [1.807, 2.05) is 0 Å². The van der Waals surface area contributed by atoms with Crippen LogP contribution in [-0.4, -0.2) is 28.9 Å². The monoisotopic (exact) mass is 402 g/mol. The summed E-state index contributed by atoms with van der Waals surface area (Å²) in [6.45, 7) is 4.80. The van der Waals surface area contributed by atoms with Gasteiger partial charge in [0.1, 0.15) is 5.82 Å². The SMILES string of the molecule is COc1cc(C2NC(=O)Nc3c2c(=O)n(C)c(=O)n3C)ccc1OCCC(C)C. The quantitative estimate of drug-likeness (QED) is 0.766. The fourth-order valence-electron chi connectivity index (χ4n) is 3.27. The van der Waals surface area contributed by atoms with Crippen LogP contribution in [0.25, 0.3) is 0 Å². The molecule has 1 aliphatic heterocycles. The van der Waals surface area contributed by atoms with Crippen molar-refractivity contribution in [1.29, 1.82) is 0 Å². The molecule has 2 amide bonds. The Morgan fingerprint density at radius 2 is 1.83 bits per heavy atom. The van der Waals surface area contributed by atoms with Gasteiger partial charge in [-0.2, -0.15) is 0 Å². The summed E-state index contributed by atoms with van der Waals surface area (Å²) in [6.07, 6.45) is 0.909. The number of anilines is 1. The number of hydrogen-bond acceptors (Lipinski definition) is 5. The van der Waals surface area contributed by atoms with E-state index in [9.17, 15) is 14.4 Å². The topological polar surface area (TPSA) is 104 Å². The van der Waals surface area contributed by atoms with Crippen molar-refractivity contribution >= 4 is 11.8 Å². The van der Waals surface area contributed by atoms with Crippen molar-refractivity contribution in [3.8, 4) is 11.5 Å². The number of carbonyl (C=O) groups is 1. The first-order valence-electron chi connectivity index (χ1n) is 9.42. The van der Waals surface area contributed by atoms with E-state index in [-0.39, 0.29) is 11.4 Å². The van der Waals surface area contributed by atoms with Crippen molar-refractivity contribution < 1.29 is 14.3 Å². The Hall–Kier alpha value is -3.23. The van der Waals surface area contributed by atoms with Crippen LogP contribution in [0, 0.1) is 5.92 Å². The third-order valence-electron chi connectivity index (χ3n) is 4.97. The Bertz CT molecular complexity index is 1050. The molecule has 156 valence electrons. The molecule has 29 heavy (non-hydrogen) atoms. The first kappa shape index (κ1) is 20.5. The van der Waals surface area contributed by atoms with Crippen molar-refractivity contribution in [1.82, 2.24) is 14.5 Å². The van der Waals surface area contributed by atoms with Gasteiger partial charge >= 0.3 is 11.7 Å². The lowest BCUT2D eigenvalue weighted by Gasteiger charge is -2.28. The molecule has 1 aliphatic rings. The average molecular weight is 402 g/mol. The molecular formula is C20H26N4O5. The van der Waals surface area contributed by atoms with Crippen molar-refractivity contribution in [2.75, 3.05) is 19.0 Å². The number of amides is 2. The molecule has 0 fully saturated rings. The first-order valence-corrected chi connectivity index (χ1v) is 9.42. The van der Waals surface area contributed by atoms with Gasteiger partial charge in [-0.1, -0.05) is 19.9 Å². The maximum atomic E-state index is 12.8. The molecule has 1 aromatic carbocycles. The Morgan fingerprint density at radius 1 is 1.10 bits per heavy atom. The summed E-state index contributed by atoms with van der Waals surface area (Å²) in [5.74, 6) is 1.79. The van der Waals surface area contributed by atoms with Crippen molar-refractivity contribution in [2.24, 2.45) is 20.0 Å². The summed E-state index contributed by atoms with van der Waals surface area (Å²) in [7, 11) is 4.45. The molecule has 9 heteroatoms. The number of nitrogens with zero attached hydrogens (tertiary/aromatic N) is 2. The van der Waals surface area contributed by atoms with Gasteiger partial charge in [0.2, 0.25) is 0 Å². The molecule has 2 N–H and O–H groups in total. The van der Waals surface area contributed by atoms with Gasteiger partial charge in [-0.05, 0) is 30.0 Å². The second-order valence-corrected chi connectivity index (χ2v) is 7.44. The van der Waals surface area contributed by atoms with Gasteiger partial charge in [0.15, 0.2) is 11.5 Å². The van der Waals surface area contributed by atoms with Crippen molar-refractivity contribution in [3.05, 3.63) is 50.2 Å². The second kappa shape index (κ2) is 8.02. The zero-order valence-corrected chi connectivity index (χ0v) is 17.2. The molecule has 0 aliphatic carbocycles. The molecule has 2 aromatic rings. The lowest BCUT2D eigenvalue weighted by molar-refractivity contribution is 0.248. The molecule has 2 heterocycles. The van der Waals surface area contributed by atoms with Crippen LogP contribution in [0.5, 0.6) is 11.5 Å². The van der Waals surface area contributed by atoms with Gasteiger partial charge in [-0.25, -0.2) is 9.59 Å². The normalized spacial score (nSPS) is 15.5. The minimum Gasteiger partial charge on any atom is -0.493 e. The average Bonchev–Trinajstić information content (AvgIpc) is 2.69. The Morgan fingerprint density at radius 3 is 2.48 bits per heavy atom. The molecule has 1 aromatic heterocycles. The molecule has 0 spiro atoms. The van der Waals surface area contributed by atoms with Crippen molar-refractivity contribution in [2.45, 2.75) is 26.3 Å². The van der Waals surface area contributed by atoms with Crippen LogP contribution < -0.4 is 31.4 Å². The number of methoxy groups -OCH3 is 1. The highest BCUT2D eigenvalue weighted by Crippen LogP contribution is 2.34. The number of hydrogen-bond donors (Lipinski definition) is 2. The van der Waals surface area contributed by atoms with Crippen LogP contribution in [0.15, 0.2) is 27.8 Å². The minimum absolute atomic E-state index is 0.183. The van der Waals surface area contributed by atoms with Gasteiger partial charge < -0.3 is 14.8 Å². The highest BCUT2D eigenvalue weighted by atomic mass is 16.5. The van der Waals surface area contributed by atoms with Crippen LogP contribution in [-0.2, 0) is 14.1 Å². The molecule has 1 unspecified atom stereocenters. The summed E-state index contributed by atoms with van der Waals surface area (Å²) in [5.41, 5.74) is -0.0624. The molecule has 0 bridgehead atoms. The fraction of sp³-hybridized carbons (Fsp3) is 0.450. The van der Waals surface area contributed by atoms with Crippen LogP contribution >= 0.6 is 0 Å². The van der Waals surface area contributed by atoms with Gasteiger partial charge in [-0.3, -0.25) is 19.2 Å². The van der Waals surface area contributed by atoms with Crippen LogP contribution in [0.4, 0.5) is 10.6 Å². The smallest absolute Gasteiger partial charge is 0.332 e. The number of nitrogens with one attached hydrogen (secondary N) is 2.